The first kappa shape index (κ1) is 27.4. The van der Waals surface area contributed by atoms with E-state index >= 15 is 0 Å². The summed E-state index contributed by atoms with van der Waals surface area (Å²) >= 11 is 6.48. The number of benzene rings is 3. The predicted octanol–water partition coefficient (Wildman–Crippen LogP) is 6.39. The Morgan fingerprint density at radius 3 is 2.83 bits per heavy atom. The third kappa shape index (κ3) is 6.86. The number of carbonyl (C=O) groups is 1. The summed E-state index contributed by atoms with van der Waals surface area (Å²) in [5.74, 6) is 0.942. The number of hydrogen-bond acceptors (Lipinski definition) is 7. The Morgan fingerprint density at radius 1 is 1.15 bits per heavy atom. The summed E-state index contributed by atoms with van der Waals surface area (Å²) in [6.45, 7) is 3.45. The Hall–Kier alpha value is -4.21. The molecule has 1 atom stereocenters. The Morgan fingerprint density at radius 2 is 2.05 bits per heavy atom. The van der Waals surface area contributed by atoms with E-state index in [4.69, 9.17) is 21.1 Å². The van der Waals surface area contributed by atoms with Crippen molar-refractivity contribution in [3.8, 4) is 11.5 Å². The second-order valence-corrected chi connectivity index (χ2v) is 9.67. The number of hydrogen-bond donors (Lipinski definition) is 3. The summed E-state index contributed by atoms with van der Waals surface area (Å²) in [6.07, 6.45) is 6.99. The van der Waals surface area contributed by atoms with Gasteiger partial charge in [-0.25, -0.2) is 14.4 Å². The topological polar surface area (TPSA) is 97.4 Å². The lowest BCUT2D eigenvalue weighted by Crippen LogP contribution is -2.19. The zero-order valence-corrected chi connectivity index (χ0v) is 22.7. The predicted molar refractivity (Wildman–Crippen MR) is 155 cm³/mol. The Kier molecular flexibility index (Phi) is 8.73. The van der Waals surface area contributed by atoms with E-state index in [2.05, 4.69) is 25.9 Å². The number of nitrogens with zero attached hydrogens (tertiary/aromatic N) is 2. The molecule has 0 radical (unpaired) electrons. The average Bonchev–Trinajstić information content (AvgIpc) is 3.46. The van der Waals surface area contributed by atoms with Gasteiger partial charge >= 0.3 is 0 Å². The van der Waals surface area contributed by atoms with E-state index in [0.717, 1.165) is 19.4 Å². The van der Waals surface area contributed by atoms with E-state index in [0.29, 0.717) is 56.8 Å². The highest BCUT2D eigenvalue weighted by atomic mass is 35.5. The minimum Gasteiger partial charge on any atom is -0.492 e. The minimum atomic E-state index is -0.322. The monoisotopic (exact) mass is 561 g/mol. The van der Waals surface area contributed by atoms with Crippen LogP contribution in [0.1, 0.15) is 25.3 Å². The first-order valence-electron chi connectivity index (χ1n) is 13.1. The van der Waals surface area contributed by atoms with Crippen LogP contribution in [0, 0.1) is 5.82 Å². The standard InChI is InChI=1S/C30H29ClFN5O3/c1-2-39-28-16-25-23(15-26(28)37-29(38)11-9-21-7-4-12-33-21)30(35-18-34-25)36-22-8-10-27(24(31)14-22)40-17-19-5-3-6-20(32)13-19/h3,5-6,8-11,13-16,18,21,33H,2,4,7,12,17H2,1H3,(H,37,38)(H,34,35,36)/b11-9+. The van der Waals surface area contributed by atoms with Gasteiger partial charge in [0.15, 0.2) is 0 Å². The number of nitrogens with one attached hydrogen (secondary N) is 3. The van der Waals surface area contributed by atoms with Crippen molar-refractivity contribution in [1.29, 1.82) is 0 Å². The minimum absolute atomic E-state index is 0.184. The fourth-order valence-electron chi connectivity index (χ4n) is 4.43. The van der Waals surface area contributed by atoms with Crippen molar-refractivity contribution in [2.75, 3.05) is 23.8 Å². The number of fused-ring (bicyclic) bond motifs is 1. The Bertz CT molecular complexity index is 1540. The summed E-state index contributed by atoms with van der Waals surface area (Å²) < 4.78 is 25.0. The fraction of sp³-hybridized carbons (Fsp3) is 0.233. The second-order valence-electron chi connectivity index (χ2n) is 9.26. The largest absolute Gasteiger partial charge is 0.492 e. The molecule has 1 aliphatic heterocycles. The lowest BCUT2D eigenvalue weighted by atomic mass is 10.1. The molecule has 3 N–H and O–H groups in total. The molecule has 0 spiro atoms. The number of rotatable bonds is 10. The molecule has 1 fully saturated rings. The lowest BCUT2D eigenvalue weighted by molar-refractivity contribution is -0.111. The molecule has 1 aliphatic rings. The zero-order chi connectivity index (χ0) is 27.9. The van der Waals surface area contributed by atoms with Crippen LogP contribution in [0.4, 0.5) is 21.6 Å². The molecule has 10 heteroatoms. The highest BCUT2D eigenvalue weighted by Gasteiger charge is 2.15. The van der Waals surface area contributed by atoms with Gasteiger partial charge in [0.25, 0.3) is 0 Å². The van der Waals surface area contributed by atoms with Gasteiger partial charge in [0.05, 0.1) is 22.8 Å². The number of halogens is 2. The number of carbonyl (C=O) groups excluding carboxylic acids is 1. The molecule has 1 amide bonds. The maximum atomic E-state index is 13.5. The van der Waals surface area contributed by atoms with Gasteiger partial charge in [-0.3, -0.25) is 4.79 Å². The molecule has 1 aromatic heterocycles. The molecule has 206 valence electrons. The van der Waals surface area contributed by atoms with Crippen LogP contribution < -0.4 is 25.4 Å². The Labute approximate surface area is 236 Å². The molecular formula is C30H29ClFN5O3. The van der Waals surface area contributed by atoms with Crippen molar-refractivity contribution < 1.29 is 18.7 Å². The van der Waals surface area contributed by atoms with Gasteiger partial charge in [0.2, 0.25) is 5.91 Å². The van der Waals surface area contributed by atoms with Crippen LogP contribution in [-0.4, -0.2) is 35.1 Å². The lowest BCUT2D eigenvalue weighted by Gasteiger charge is -2.15. The molecule has 0 bridgehead atoms. The highest BCUT2D eigenvalue weighted by molar-refractivity contribution is 6.32. The first-order valence-corrected chi connectivity index (χ1v) is 13.4. The molecule has 3 aromatic carbocycles. The molecule has 1 saturated heterocycles. The third-order valence-electron chi connectivity index (χ3n) is 6.35. The average molecular weight is 562 g/mol. The number of anilines is 3. The van der Waals surface area contributed by atoms with E-state index in [9.17, 15) is 9.18 Å². The molecule has 0 saturated carbocycles. The maximum Gasteiger partial charge on any atom is 0.248 e. The molecule has 2 heterocycles. The number of aromatic nitrogens is 2. The normalized spacial score (nSPS) is 14.9. The van der Waals surface area contributed by atoms with Crippen molar-refractivity contribution in [2.24, 2.45) is 0 Å². The maximum absolute atomic E-state index is 13.5. The quantitative estimate of drug-likeness (QED) is 0.193. The van der Waals surface area contributed by atoms with E-state index in [1.54, 1.807) is 48.5 Å². The van der Waals surface area contributed by atoms with E-state index in [1.807, 2.05) is 13.0 Å². The number of amides is 1. The summed E-state index contributed by atoms with van der Waals surface area (Å²) in [7, 11) is 0. The molecule has 40 heavy (non-hydrogen) atoms. The van der Waals surface area contributed by atoms with Gasteiger partial charge in [0.1, 0.15) is 36.1 Å². The second kappa shape index (κ2) is 12.8. The van der Waals surface area contributed by atoms with Crippen molar-refractivity contribution in [1.82, 2.24) is 15.3 Å². The van der Waals surface area contributed by atoms with Crippen LogP contribution in [0.5, 0.6) is 11.5 Å². The molecule has 4 aromatic rings. The summed E-state index contributed by atoms with van der Waals surface area (Å²) in [4.78, 5) is 21.5. The van der Waals surface area contributed by atoms with Crippen molar-refractivity contribution in [2.45, 2.75) is 32.4 Å². The van der Waals surface area contributed by atoms with Gasteiger partial charge in [0, 0.05) is 29.3 Å². The van der Waals surface area contributed by atoms with Gasteiger partial charge < -0.3 is 25.4 Å². The smallest absolute Gasteiger partial charge is 0.248 e. The summed E-state index contributed by atoms with van der Waals surface area (Å²) in [6, 6.07) is 15.3. The van der Waals surface area contributed by atoms with Crippen LogP contribution in [0.3, 0.4) is 0 Å². The van der Waals surface area contributed by atoms with Crippen molar-refractivity contribution in [3.63, 3.8) is 0 Å². The van der Waals surface area contributed by atoms with Gasteiger partial charge in [-0.1, -0.05) is 29.8 Å². The van der Waals surface area contributed by atoms with Gasteiger partial charge in [-0.05, 0) is 68.3 Å². The fourth-order valence-corrected chi connectivity index (χ4v) is 4.67. The molecular weight excluding hydrogens is 533 g/mol. The molecule has 1 unspecified atom stereocenters. The Balaban J connectivity index is 1.35. The molecule has 0 aliphatic carbocycles. The van der Waals surface area contributed by atoms with Crippen LogP contribution in [0.25, 0.3) is 10.9 Å². The molecule has 8 nitrogen and oxygen atoms in total. The molecule has 5 rings (SSSR count). The van der Waals surface area contributed by atoms with Crippen LogP contribution in [0.2, 0.25) is 5.02 Å². The van der Waals surface area contributed by atoms with E-state index in [1.165, 1.54) is 18.5 Å². The summed E-state index contributed by atoms with van der Waals surface area (Å²) in [5, 5.41) is 10.6. The SMILES string of the molecule is CCOc1cc2ncnc(Nc3ccc(OCc4cccc(F)c4)c(Cl)c3)c2cc1NC(=O)/C=C/C1CCCN1. The summed E-state index contributed by atoms with van der Waals surface area (Å²) in [5.41, 5.74) is 2.53. The van der Waals surface area contributed by atoms with Gasteiger partial charge in [-0.2, -0.15) is 0 Å². The third-order valence-corrected chi connectivity index (χ3v) is 6.65. The van der Waals surface area contributed by atoms with Crippen LogP contribution in [0.15, 0.2) is 73.1 Å². The van der Waals surface area contributed by atoms with Gasteiger partial charge in [-0.15, -0.1) is 0 Å². The van der Waals surface area contributed by atoms with Crippen molar-refractivity contribution in [3.05, 3.63) is 89.5 Å². The van der Waals surface area contributed by atoms with E-state index in [-0.39, 0.29) is 24.4 Å². The highest BCUT2D eigenvalue weighted by Crippen LogP contribution is 2.35. The zero-order valence-electron chi connectivity index (χ0n) is 21.9. The van der Waals surface area contributed by atoms with Crippen LogP contribution in [-0.2, 0) is 11.4 Å². The first-order chi connectivity index (χ1) is 19.5. The van der Waals surface area contributed by atoms with Crippen molar-refractivity contribution >= 4 is 45.6 Å². The number of ether oxygens (including phenoxy) is 2. The van der Waals surface area contributed by atoms with E-state index < -0.39 is 0 Å². The van der Waals surface area contributed by atoms with Crippen LogP contribution >= 0.6 is 11.6 Å².